The Morgan fingerprint density at radius 2 is 1.78 bits per heavy atom. The summed E-state index contributed by atoms with van der Waals surface area (Å²) in [7, 11) is 1.70. The number of aliphatic hydroxyl groups is 1. The van der Waals surface area contributed by atoms with Crippen molar-refractivity contribution in [3.63, 3.8) is 0 Å². The molecule has 0 aromatic carbocycles. The van der Waals surface area contributed by atoms with Crippen molar-refractivity contribution in [2.45, 2.75) is 56.8 Å². The zero-order chi connectivity index (χ0) is 12.8. The number of nitrogens with zero attached hydrogens (tertiary/aromatic N) is 1. The van der Waals surface area contributed by atoms with Gasteiger partial charge < -0.3 is 14.6 Å². The Kier molecular flexibility index (Phi) is 5.89. The minimum Gasteiger partial charge on any atom is -0.391 e. The van der Waals surface area contributed by atoms with Crippen molar-refractivity contribution in [2.75, 3.05) is 33.4 Å². The van der Waals surface area contributed by atoms with Gasteiger partial charge in [-0.3, -0.25) is 4.90 Å². The summed E-state index contributed by atoms with van der Waals surface area (Å²) in [5, 5.41) is 10.1. The van der Waals surface area contributed by atoms with E-state index in [-0.39, 0.29) is 6.10 Å². The molecule has 18 heavy (non-hydrogen) atoms. The summed E-state index contributed by atoms with van der Waals surface area (Å²) in [6.45, 7) is 3.52. The molecule has 2 rings (SSSR count). The van der Waals surface area contributed by atoms with E-state index in [4.69, 9.17) is 9.47 Å². The fourth-order valence-electron chi connectivity index (χ4n) is 3.19. The molecular weight excluding hydrogens is 230 g/mol. The fourth-order valence-corrected chi connectivity index (χ4v) is 3.19. The van der Waals surface area contributed by atoms with Crippen LogP contribution >= 0.6 is 0 Å². The van der Waals surface area contributed by atoms with E-state index in [2.05, 4.69) is 4.90 Å². The van der Waals surface area contributed by atoms with Crippen molar-refractivity contribution in [3.8, 4) is 0 Å². The molecule has 4 heteroatoms. The third-order valence-corrected chi connectivity index (χ3v) is 4.28. The second-order valence-corrected chi connectivity index (χ2v) is 5.52. The molecular formula is C14H27NO3. The summed E-state index contributed by atoms with van der Waals surface area (Å²) in [6.07, 6.45) is 7.06. The van der Waals surface area contributed by atoms with Gasteiger partial charge in [-0.1, -0.05) is 12.8 Å². The quantitative estimate of drug-likeness (QED) is 0.756. The number of hydrogen-bond acceptors (Lipinski definition) is 4. The summed E-state index contributed by atoms with van der Waals surface area (Å²) in [5.74, 6) is 0. The van der Waals surface area contributed by atoms with E-state index < -0.39 is 0 Å². The molecule has 0 aromatic rings. The zero-order valence-electron chi connectivity index (χ0n) is 11.5. The summed E-state index contributed by atoms with van der Waals surface area (Å²) >= 11 is 0. The normalized spacial score (nSPS) is 31.7. The first-order valence-electron chi connectivity index (χ1n) is 7.34. The molecule has 2 aliphatic rings. The van der Waals surface area contributed by atoms with Crippen LogP contribution in [0.1, 0.15) is 38.5 Å². The molecule has 1 saturated carbocycles. The maximum atomic E-state index is 10.1. The molecule has 0 amide bonds. The molecule has 1 saturated heterocycles. The smallest absolute Gasteiger partial charge is 0.0704 e. The first-order valence-corrected chi connectivity index (χ1v) is 7.34. The topological polar surface area (TPSA) is 41.9 Å². The average molecular weight is 257 g/mol. The van der Waals surface area contributed by atoms with Crippen LogP contribution in [0.5, 0.6) is 0 Å². The Labute approximate surface area is 110 Å². The van der Waals surface area contributed by atoms with Crippen molar-refractivity contribution in [2.24, 2.45) is 0 Å². The van der Waals surface area contributed by atoms with Crippen LogP contribution in [0.25, 0.3) is 0 Å². The molecule has 4 nitrogen and oxygen atoms in total. The highest BCUT2D eigenvalue weighted by Crippen LogP contribution is 2.26. The van der Waals surface area contributed by atoms with E-state index in [1.54, 1.807) is 7.11 Å². The van der Waals surface area contributed by atoms with Crippen LogP contribution < -0.4 is 0 Å². The number of ether oxygens (including phenoxy) is 2. The summed E-state index contributed by atoms with van der Waals surface area (Å²) in [5.41, 5.74) is 0. The van der Waals surface area contributed by atoms with Crippen LogP contribution in [0.3, 0.4) is 0 Å². The molecule has 106 valence electrons. The van der Waals surface area contributed by atoms with Gasteiger partial charge in [0.2, 0.25) is 0 Å². The van der Waals surface area contributed by atoms with Gasteiger partial charge in [-0.15, -0.1) is 0 Å². The van der Waals surface area contributed by atoms with Crippen molar-refractivity contribution >= 4 is 0 Å². The SMILES string of the molecule is COCCOC1CCN(C2CCCCC2O)CC1. The number of methoxy groups -OCH3 is 1. The molecule has 0 radical (unpaired) electrons. The lowest BCUT2D eigenvalue weighted by atomic mass is 9.90. The Bertz CT molecular complexity index is 229. The molecule has 1 aliphatic carbocycles. The molecule has 0 spiro atoms. The highest BCUT2D eigenvalue weighted by Gasteiger charge is 2.31. The first-order chi connectivity index (χ1) is 8.81. The number of aliphatic hydroxyl groups excluding tert-OH is 1. The molecule has 2 unspecified atom stereocenters. The van der Waals surface area contributed by atoms with Crippen LogP contribution in [0.4, 0.5) is 0 Å². The monoisotopic (exact) mass is 257 g/mol. The number of rotatable bonds is 5. The maximum absolute atomic E-state index is 10.1. The van der Waals surface area contributed by atoms with Gasteiger partial charge in [-0.05, 0) is 25.7 Å². The largest absolute Gasteiger partial charge is 0.391 e. The van der Waals surface area contributed by atoms with Gasteiger partial charge in [0.15, 0.2) is 0 Å². The second-order valence-electron chi connectivity index (χ2n) is 5.52. The van der Waals surface area contributed by atoms with Crippen molar-refractivity contribution < 1.29 is 14.6 Å². The third-order valence-electron chi connectivity index (χ3n) is 4.28. The van der Waals surface area contributed by atoms with Crippen LogP contribution in [0, 0.1) is 0 Å². The lowest BCUT2D eigenvalue weighted by Crippen LogP contribution is -2.49. The van der Waals surface area contributed by atoms with Crippen LogP contribution in [0.2, 0.25) is 0 Å². The van der Waals surface area contributed by atoms with Gasteiger partial charge in [0.05, 0.1) is 25.4 Å². The molecule has 1 N–H and O–H groups in total. The summed E-state index contributed by atoms with van der Waals surface area (Å²) in [6, 6.07) is 0.402. The van der Waals surface area contributed by atoms with E-state index in [0.29, 0.717) is 25.4 Å². The minimum atomic E-state index is -0.107. The van der Waals surface area contributed by atoms with E-state index >= 15 is 0 Å². The van der Waals surface area contributed by atoms with E-state index in [9.17, 15) is 5.11 Å². The maximum Gasteiger partial charge on any atom is 0.0704 e. The predicted molar refractivity (Wildman–Crippen MR) is 70.7 cm³/mol. The lowest BCUT2D eigenvalue weighted by molar-refractivity contribution is -0.0436. The van der Waals surface area contributed by atoms with Crippen molar-refractivity contribution in [3.05, 3.63) is 0 Å². The van der Waals surface area contributed by atoms with E-state index in [1.807, 2.05) is 0 Å². The van der Waals surface area contributed by atoms with Gasteiger partial charge in [0.1, 0.15) is 0 Å². The predicted octanol–water partition coefficient (Wildman–Crippen LogP) is 1.42. The van der Waals surface area contributed by atoms with Crippen LogP contribution in [0.15, 0.2) is 0 Å². The molecule has 0 aromatic heterocycles. The van der Waals surface area contributed by atoms with Gasteiger partial charge in [-0.2, -0.15) is 0 Å². The Hall–Kier alpha value is -0.160. The number of piperidine rings is 1. The fraction of sp³-hybridized carbons (Fsp3) is 1.00. The van der Waals surface area contributed by atoms with Crippen LogP contribution in [-0.4, -0.2) is 61.7 Å². The molecule has 1 aliphatic heterocycles. The van der Waals surface area contributed by atoms with Gasteiger partial charge in [-0.25, -0.2) is 0 Å². The van der Waals surface area contributed by atoms with Crippen molar-refractivity contribution in [1.82, 2.24) is 4.90 Å². The van der Waals surface area contributed by atoms with Gasteiger partial charge in [0.25, 0.3) is 0 Å². The second kappa shape index (κ2) is 7.43. The zero-order valence-corrected chi connectivity index (χ0v) is 11.5. The standard InChI is InChI=1S/C14H27NO3/c1-17-10-11-18-12-6-8-15(9-7-12)13-4-2-3-5-14(13)16/h12-14,16H,2-11H2,1H3. The lowest BCUT2D eigenvalue weighted by Gasteiger charge is -2.41. The van der Waals surface area contributed by atoms with E-state index in [1.165, 1.54) is 12.8 Å². The van der Waals surface area contributed by atoms with Crippen molar-refractivity contribution in [1.29, 1.82) is 0 Å². The van der Waals surface area contributed by atoms with Crippen LogP contribution in [-0.2, 0) is 9.47 Å². The molecule has 1 heterocycles. The van der Waals surface area contributed by atoms with Gasteiger partial charge in [0, 0.05) is 26.2 Å². The molecule has 2 atom stereocenters. The number of hydrogen-bond donors (Lipinski definition) is 1. The summed E-state index contributed by atoms with van der Waals surface area (Å²) in [4.78, 5) is 2.47. The highest BCUT2D eigenvalue weighted by molar-refractivity contribution is 4.86. The first kappa shape index (κ1) is 14.3. The van der Waals surface area contributed by atoms with E-state index in [0.717, 1.165) is 38.8 Å². The molecule has 0 bridgehead atoms. The number of likely N-dealkylation sites (tertiary alicyclic amines) is 1. The van der Waals surface area contributed by atoms with Gasteiger partial charge >= 0.3 is 0 Å². The Morgan fingerprint density at radius 1 is 1.06 bits per heavy atom. The Morgan fingerprint density at radius 3 is 2.44 bits per heavy atom. The minimum absolute atomic E-state index is 0.107. The third kappa shape index (κ3) is 3.92. The highest BCUT2D eigenvalue weighted by atomic mass is 16.5. The molecule has 2 fully saturated rings. The Balaban J connectivity index is 1.69. The average Bonchev–Trinajstić information content (AvgIpc) is 2.41. The summed E-state index contributed by atoms with van der Waals surface area (Å²) < 4.78 is 10.8.